The summed E-state index contributed by atoms with van der Waals surface area (Å²) in [5, 5.41) is 31.2. The van der Waals surface area contributed by atoms with E-state index in [1.165, 1.54) is 6.26 Å². The molecule has 3 fully saturated rings. The summed E-state index contributed by atoms with van der Waals surface area (Å²) in [7, 11) is 0. The smallest absolute Gasteiger partial charge is 0.309 e. The van der Waals surface area contributed by atoms with Crippen LogP contribution in [0.5, 0.6) is 0 Å². The van der Waals surface area contributed by atoms with E-state index in [0.717, 1.165) is 18.4 Å². The minimum Gasteiger partial charge on any atom is -0.458 e. The second kappa shape index (κ2) is 10.2. The maximum atomic E-state index is 13.3. The number of Topliss-reactive ketones (excluding diaryl/α,β-unsaturated/α-hetero) is 1. The van der Waals surface area contributed by atoms with E-state index in [9.17, 15) is 24.9 Å². The maximum Gasteiger partial charge on any atom is 0.309 e. The molecule has 4 unspecified atom stereocenters. The summed E-state index contributed by atoms with van der Waals surface area (Å²) < 4.78 is 17.2. The lowest BCUT2D eigenvalue weighted by Crippen LogP contribution is -2.46. The van der Waals surface area contributed by atoms with Crippen LogP contribution in [0.3, 0.4) is 0 Å². The molecule has 2 saturated heterocycles. The highest BCUT2D eigenvalue weighted by atomic mass is 16.6. The third-order valence-corrected chi connectivity index (χ3v) is 8.94. The number of oxazole rings is 1. The molecule has 1 aromatic heterocycles. The molecule has 3 aliphatic rings. The fourth-order valence-corrected chi connectivity index (χ4v) is 5.98. The van der Waals surface area contributed by atoms with Crippen molar-refractivity contribution >= 4 is 17.8 Å². The molecule has 0 radical (unpaired) electrons. The number of rotatable bonds is 3. The van der Waals surface area contributed by atoms with Crippen LogP contribution in [0, 0.1) is 29.1 Å². The molecule has 37 heavy (non-hydrogen) atoms. The predicted molar refractivity (Wildman–Crippen MR) is 134 cm³/mol. The van der Waals surface area contributed by atoms with Crippen LogP contribution in [0.2, 0.25) is 0 Å². The van der Waals surface area contributed by atoms with Gasteiger partial charge in [0.05, 0.1) is 35.7 Å². The number of carbonyl (C=O) groups excluding carboxylic acids is 2. The third-order valence-electron chi connectivity index (χ3n) is 8.94. The number of aliphatic hydroxyl groups is 3. The zero-order valence-electron chi connectivity index (χ0n) is 22.6. The van der Waals surface area contributed by atoms with Crippen molar-refractivity contribution in [2.75, 3.05) is 0 Å². The molecule has 1 saturated carbocycles. The minimum absolute atomic E-state index is 0.0558. The van der Waals surface area contributed by atoms with Gasteiger partial charge >= 0.3 is 5.97 Å². The molecule has 0 bridgehead atoms. The quantitative estimate of drug-likeness (QED) is 0.405. The molecule has 3 N–H and O–H groups in total. The van der Waals surface area contributed by atoms with Gasteiger partial charge < -0.3 is 29.2 Å². The average Bonchev–Trinajstić information content (AvgIpc) is 3.68. The van der Waals surface area contributed by atoms with Crippen molar-refractivity contribution in [3.05, 3.63) is 23.4 Å². The topological polar surface area (TPSA) is 143 Å². The number of nitrogens with zero attached hydrogens (tertiary/aromatic N) is 1. The fraction of sp³-hybridized carbons (Fsp3) is 0.750. The van der Waals surface area contributed by atoms with E-state index in [1.807, 2.05) is 13.8 Å². The zero-order chi connectivity index (χ0) is 27.3. The standard InChI is InChI=1S/C28H41NO8/c1-14(7-18-13-35-23(12-30)29-18)20-9-22-28(6,37-22)11-17-8-19(17)15(2)25(33)16(3)26(34)27(4,5)21(31)10-24(32)36-20/h7,13,15-17,19-22,25,30-31,33H,8-12H2,1-6H3/b14-7+/t15-,16+,17?,19?,20-,21+,22?,25-,28?/m0/s1. The van der Waals surface area contributed by atoms with E-state index in [-0.39, 0.29) is 42.3 Å². The van der Waals surface area contributed by atoms with Gasteiger partial charge in [0, 0.05) is 12.3 Å². The van der Waals surface area contributed by atoms with E-state index in [4.69, 9.17) is 13.9 Å². The highest BCUT2D eigenvalue weighted by Gasteiger charge is 2.58. The minimum atomic E-state index is -1.27. The Hall–Kier alpha value is -2.07. The molecule has 0 amide bonds. The van der Waals surface area contributed by atoms with Gasteiger partial charge in [0.1, 0.15) is 30.5 Å². The van der Waals surface area contributed by atoms with Gasteiger partial charge in [-0.2, -0.15) is 0 Å². The first-order valence-electron chi connectivity index (χ1n) is 13.3. The first kappa shape index (κ1) is 28.0. The Labute approximate surface area is 218 Å². The number of hydrogen-bond donors (Lipinski definition) is 3. The van der Waals surface area contributed by atoms with Gasteiger partial charge in [-0.25, -0.2) is 4.98 Å². The van der Waals surface area contributed by atoms with Crippen LogP contribution in [-0.4, -0.2) is 62.1 Å². The lowest BCUT2D eigenvalue weighted by molar-refractivity contribution is -0.154. The molecule has 1 aliphatic carbocycles. The highest BCUT2D eigenvalue weighted by Crippen LogP contribution is 2.56. The largest absolute Gasteiger partial charge is 0.458 e. The van der Waals surface area contributed by atoms with Crippen molar-refractivity contribution < 1.29 is 38.8 Å². The van der Waals surface area contributed by atoms with Crippen LogP contribution < -0.4 is 0 Å². The molecular weight excluding hydrogens is 478 g/mol. The SMILES string of the molecule is C/C(=C\c1coc(CO)n1)[C@@H]1CC2OC2(C)CC2CC2[C@H](C)[C@H](O)[C@@H](C)C(=O)C(C)(C)[C@H](O)CC(=O)O1. The average molecular weight is 520 g/mol. The van der Waals surface area contributed by atoms with Crippen LogP contribution in [0.25, 0.3) is 6.08 Å². The van der Waals surface area contributed by atoms with Crippen LogP contribution in [0.1, 0.15) is 78.8 Å². The number of carbonyl (C=O) groups is 2. The number of ether oxygens (including phenoxy) is 2. The number of ketones is 1. The lowest BCUT2D eigenvalue weighted by Gasteiger charge is -2.34. The summed E-state index contributed by atoms with van der Waals surface area (Å²) in [6, 6.07) is 0. The Kier molecular flexibility index (Phi) is 7.74. The number of aromatic nitrogens is 1. The Balaban J connectivity index is 1.59. The number of epoxide rings is 1. The molecule has 1 aromatic rings. The Morgan fingerprint density at radius 1 is 1.19 bits per heavy atom. The maximum absolute atomic E-state index is 13.3. The van der Waals surface area contributed by atoms with E-state index in [1.54, 1.807) is 26.8 Å². The Morgan fingerprint density at radius 2 is 1.89 bits per heavy atom. The van der Waals surface area contributed by atoms with E-state index >= 15 is 0 Å². The lowest BCUT2D eigenvalue weighted by atomic mass is 9.72. The molecule has 2 aliphatic heterocycles. The molecule has 9 atom stereocenters. The number of aliphatic hydroxyl groups excluding tert-OH is 3. The van der Waals surface area contributed by atoms with Crippen molar-refractivity contribution in [2.24, 2.45) is 29.1 Å². The van der Waals surface area contributed by atoms with Crippen LogP contribution in [0.15, 0.2) is 16.3 Å². The summed E-state index contributed by atoms with van der Waals surface area (Å²) in [5.41, 5.74) is -0.352. The van der Waals surface area contributed by atoms with Crippen molar-refractivity contribution in [3.63, 3.8) is 0 Å². The van der Waals surface area contributed by atoms with Gasteiger partial charge in [0.15, 0.2) is 0 Å². The number of esters is 1. The van der Waals surface area contributed by atoms with E-state index in [0.29, 0.717) is 24.0 Å². The molecule has 9 nitrogen and oxygen atoms in total. The first-order chi connectivity index (χ1) is 17.3. The Morgan fingerprint density at radius 3 is 2.54 bits per heavy atom. The van der Waals surface area contributed by atoms with Gasteiger partial charge in [0.25, 0.3) is 0 Å². The van der Waals surface area contributed by atoms with Crippen LogP contribution in [0.4, 0.5) is 0 Å². The summed E-state index contributed by atoms with van der Waals surface area (Å²) in [5.74, 6) is -0.717. The van der Waals surface area contributed by atoms with Crippen molar-refractivity contribution in [1.82, 2.24) is 4.98 Å². The monoisotopic (exact) mass is 519 g/mol. The Bertz CT molecular complexity index is 1050. The molecule has 4 rings (SSSR count). The van der Waals surface area contributed by atoms with Gasteiger partial charge in [-0.15, -0.1) is 0 Å². The van der Waals surface area contributed by atoms with Crippen LogP contribution in [-0.2, 0) is 25.7 Å². The number of hydrogen-bond acceptors (Lipinski definition) is 9. The van der Waals surface area contributed by atoms with E-state index in [2.05, 4.69) is 11.9 Å². The van der Waals surface area contributed by atoms with Gasteiger partial charge in [-0.05, 0) is 56.1 Å². The molecule has 0 aromatic carbocycles. The van der Waals surface area contributed by atoms with Crippen molar-refractivity contribution in [1.29, 1.82) is 0 Å². The van der Waals surface area contributed by atoms with Crippen molar-refractivity contribution in [2.45, 2.75) is 104 Å². The van der Waals surface area contributed by atoms with Gasteiger partial charge in [0.2, 0.25) is 5.89 Å². The highest BCUT2D eigenvalue weighted by molar-refractivity contribution is 5.88. The molecule has 206 valence electrons. The van der Waals surface area contributed by atoms with Crippen LogP contribution >= 0.6 is 0 Å². The van der Waals surface area contributed by atoms with Crippen molar-refractivity contribution in [3.8, 4) is 0 Å². The summed E-state index contributed by atoms with van der Waals surface area (Å²) >= 11 is 0. The zero-order valence-corrected chi connectivity index (χ0v) is 22.6. The molecular formula is C28H41NO8. The molecule has 0 spiro atoms. The third kappa shape index (κ3) is 5.85. The fourth-order valence-electron chi connectivity index (χ4n) is 5.98. The molecule has 9 heteroatoms. The molecule has 3 heterocycles. The van der Waals surface area contributed by atoms with Gasteiger partial charge in [-0.3, -0.25) is 9.59 Å². The second-order valence-corrected chi connectivity index (χ2v) is 12.2. The summed E-state index contributed by atoms with van der Waals surface area (Å²) in [6.45, 7) is 10.5. The number of fused-ring (bicyclic) bond motifs is 2. The number of cyclic esters (lactones) is 1. The first-order valence-corrected chi connectivity index (χ1v) is 13.3. The second-order valence-electron chi connectivity index (χ2n) is 12.2. The summed E-state index contributed by atoms with van der Waals surface area (Å²) in [4.78, 5) is 30.5. The normalized spacial score (nSPS) is 40.9. The van der Waals surface area contributed by atoms with E-state index < -0.39 is 35.6 Å². The van der Waals surface area contributed by atoms with Gasteiger partial charge in [-0.1, -0.05) is 27.7 Å². The summed E-state index contributed by atoms with van der Waals surface area (Å²) in [6.07, 6.45) is 2.26. The predicted octanol–water partition coefficient (Wildman–Crippen LogP) is 3.05.